The van der Waals surface area contributed by atoms with Crippen molar-refractivity contribution < 1.29 is 37.8 Å². The van der Waals surface area contributed by atoms with Crippen molar-refractivity contribution in [3.05, 3.63) is 59.7 Å². The number of halogens is 3. The Morgan fingerprint density at radius 1 is 1.03 bits per heavy atom. The van der Waals surface area contributed by atoms with E-state index >= 15 is 0 Å². The predicted octanol–water partition coefficient (Wildman–Crippen LogP) is 4.00. The van der Waals surface area contributed by atoms with Crippen molar-refractivity contribution in [1.82, 2.24) is 0 Å². The van der Waals surface area contributed by atoms with Gasteiger partial charge < -0.3 is 20.4 Å². The van der Waals surface area contributed by atoms with Gasteiger partial charge in [0.15, 0.2) is 0 Å². The monoisotopic (exact) mass is 426 g/mol. The highest BCUT2D eigenvalue weighted by Crippen LogP contribution is 2.26. The van der Waals surface area contributed by atoms with Crippen LogP contribution in [0.15, 0.2) is 48.5 Å². The molecule has 0 saturated heterocycles. The van der Waals surface area contributed by atoms with Crippen molar-refractivity contribution in [1.29, 1.82) is 0 Å². The zero-order valence-corrected chi connectivity index (χ0v) is 16.2. The SMILES string of the molecule is CCN(Cc1ccccc1)c1ccc(NC(C)=O)cc1C(=O)O.O=C(O)C(F)(F)F. The number of hydrogen-bond donors (Lipinski definition) is 3. The number of carboxylic acid groups (broad SMARTS) is 2. The summed E-state index contributed by atoms with van der Waals surface area (Å²) < 4.78 is 31.7. The highest BCUT2D eigenvalue weighted by atomic mass is 19.4. The minimum atomic E-state index is -5.08. The average molecular weight is 426 g/mol. The number of benzene rings is 2. The molecular formula is C20H21F3N2O5. The molecule has 0 unspecified atom stereocenters. The molecule has 0 bridgehead atoms. The number of carbonyl (C=O) groups is 3. The minimum absolute atomic E-state index is 0.175. The van der Waals surface area contributed by atoms with Gasteiger partial charge in [-0.15, -0.1) is 0 Å². The van der Waals surface area contributed by atoms with Crippen LogP contribution in [0.1, 0.15) is 29.8 Å². The summed E-state index contributed by atoms with van der Waals surface area (Å²) in [5.41, 5.74) is 2.40. The molecule has 1 amide bonds. The highest BCUT2D eigenvalue weighted by Gasteiger charge is 2.38. The molecule has 0 spiro atoms. The molecule has 2 aromatic carbocycles. The van der Waals surface area contributed by atoms with Gasteiger partial charge in [-0.05, 0) is 30.7 Å². The van der Waals surface area contributed by atoms with Gasteiger partial charge >= 0.3 is 18.1 Å². The standard InChI is InChI=1S/C18H20N2O3.C2HF3O2/c1-3-20(12-14-7-5-4-6-8-14)17-10-9-15(19-13(2)21)11-16(17)18(22)23;3-2(4,5)1(6)7/h4-11H,3,12H2,1-2H3,(H,19,21)(H,22,23);(H,6,7). The summed E-state index contributed by atoms with van der Waals surface area (Å²) in [6.45, 7) is 4.67. The molecule has 30 heavy (non-hydrogen) atoms. The van der Waals surface area contributed by atoms with Gasteiger partial charge in [0.1, 0.15) is 0 Å². The van der Waals surface area contributed by atoms with E-state index in [-0.39, 0.29) is 11.5 Å². The van der Waals surface area contributed by atoms with E-state index in [0.29, 0.717) is 24.5 Å². The number of nitrogens with zero attached hydrogens (tertiary/aromatic N) is 1. The quantitative estimate of drug-likeness (QED) is 0.645. The second kappa shape index (κ2) is 10.8. The van der Waals surface area contributed by atoms with Crippen LogP contribution in [0.3, 0.4) is 0 Å². The molecule has 0 aliphatic carbocycles. The molecule has 0 saturated carbocycles. The molecule has 162 valence electrons. The number of aromatic carboxylic acids is 1. The van der Waals surface area contributed by atoms with Crippen LogP contribution in [-0.2, 0) is 16.1 Å². The Kier molecular flexibility index (Phi) is 8.85. The minimum Gasteiger partial charge on any atom is -0.478 e. The van der Waals surface area contributed by atoms with Crippen LogP contribution in [0.4, 0.5) is 24.5 Å². The first kappa shape index (κ1) is 24.5. The Labute approximate surface area is 170 Å². The summed E-state index contributed by atoms with van der Waals surface area (Å²) in [6, 6.07) is 14.8. The Morgan fingerprint density at radius 2 is 1.60 bits per heavy atom. The second-order valence-electron chi connectivity index (χ2n) is 6.02. The Bertz CT molecular complexity index is 886. The van der Waals surface area contributed by atoms with E-state index in [1.54, 1.807) is 12.1 Å². The molecule has 0 heterocycles. The van der Waals surface area contributed by atoms with E-state index in [1.165, 1.54) is 13.0 Å². The maximum Gasteiger partial charge on any atom is 0.490 e. The maximum atomic E-state index is 11.6. The number of aliphatic carboxylic acids is 1. The number of alkyl halides is 3. The summed E-state index contributed by atoms with van der Waals surface area (Å²) in [4.78, 5) is 33.6. The fourth-order valence-corrected chi connectivity index (χ4v) is 2.44. The van der Waals surface area contributed by atoms with Crippen LogP contribution in [-0.4, -0.2) is 40.8 Å². The molecule has 2 rings (SSSR count). The van der Waals surface area contributed by atoms with Crippen molar-refractivity contribution in [3.63, 3.8) is 0 Å². The van der Waals surface area contributed by atoms with E-state index in [9.17, 15) is 27.9 Å². The fraction of sp³-hybridized carbons (Fsp3) is 0.250. The smallest absolute Gasteiger partial charge is 0.478 e. The van der Waals surface area contributed by atoms with E-state index in [2.05, 4.69) is 5.32 Å². The van der Waals surface area contributed by atoms with Crippen molar-refractivity contribution >= 4 is 29.2 Å². The summed E-state index contributed by atoms with van der Waals surface area (Å²) in [7, 11) is 0. The Balaban J connectivity index is 0.000000553. The number of carboxylic acids is 2. The third-order valence-electron chi connectivity index (χ3n) is 3.73. The normalized spacial score (nSPS) is 10.4. The second-order valence-corrected chi connectivity index (χ2v) is 6.02. The predicted molar refractivity (Wildman–Crippen MR) is 105 cm³/mol. The first-order valence-corrected chi connectivity index (χ1v) is 8.69. The van der Waals surface area contributed by atoms with Gasteiger partial charge in [-0.25, -0.2) is 9.59 Å². The lowest BCUT2D eigenvalue weighted by atomic mass is 10.1. The number of amides is 1. The van der Waals surface area contributed by atoms with Crippen LogP contribution in [0.5, 0.6) is 0 Å². The topological polar surface area (TPSA) is 107 Å². The van der Waals surface area contributed by atoms with Crippen molar-refractivity contribution in [2.75, 3.05) is 16.8 Å². The molecular weight excluding hydrogens is 405 g/mol. The van der Waals surface area contributed by atoms with Crippen LogP contribution >= 0.6 is 0 Å². The lowest BCUT2D eigenvalue weighted by Crippen LogP contribution is -2.24. The molecule has 0 fully saturated rings. The van der Waals surface area contributed by atoms with Gasteiger partial charge in [-0.1, -0.05) is 30.3 Å². The summed E-state index contributed by atoms with van der Waals surface area (Å²) in [5.74, 6) is -4.00. The Hall–Kier alpha value is -3.56. The number of nitrogens with one attached hydrogen (secondary N) is 1. The van der Waals surface area contributed by atoms with Gasteiger partial charge in [0.25, 0.3) is 0 Å². The zero-order valence-electron chi connectivity index (χ0n) is 16.2. The van der Waals surface area contributed by atoms with Gasteiger partial charge in [0.05, 0.1) is 11.3 Å². The molecule has 0 atom stereocenters. The average Bonchev–Trinajstić information content (AvgIpc) is 2.66. The zero-order chi connectivity index (χ0) is 22.9. The molecule has 0 aliphatic rings. The van der Waals surface area contributed by atoms with E-state index in [4.69, 9.17) is 9.90 Å². The van der Waals surface area contributed by atoms with E-state index < -0.39 is 18.1 Å². The fourth-order valence-electron chi connectivity index (χ4n) is 2.44. The number of anilines is 2. The third-order valence-corrected chi connectivity index (χ3v) is 3.73. The third kappa shape index (κ3) is 7.82. The van der Waals surface area contributed by atoms with Crippen LogP contribution < -0.4 is 10.2 Å². The van der Waals surface area contributed by atoms with Gasteiger partial charge in [-0.3, -0.25) is 4.79 Å². The lowest BCUT2D eigenvalue weighted by Gasteiger charge is -2.25. The largest absolute Gasteiger partial charge is 0.490 e. The molecule has 3 N–H and O–H groups in total. The number of rotatable bonds is 6. The van der Waals surface area contributed by atoms with Gasteiger partial charge in [0, 0.05) is 25.7 Å². The van der Waals surface area contributed by atoms with Gasteiger partial charge in [0.2, 0.25) is 5.91 Å². The molecule has 0 aromatic heterocycles. The first-order valence-electron chi connectivity index (χ1n) is 8.69. The molecule has 10 heteroatoms. The molecule has 2 aromatic rings. The van der Waals surface area contributed by atoms with Crippen LogP contribution in [0.25, 0.3) is 0 Å². The van der Waals surface area contributed by atoms with Crippen molar-refractivity contribution in [2.24, 2.45) is 0 Å². The van der Waals surface area contributed by atoms with Gasteiger partial charge in [-0.2, -0.15) is 13.2 Å². The summed E-state index contributed by atoms with van der Waals surface area (Å²) in [5, 5.41) is 19.2. The highest BCUT2D eigenvalue weighted by molar-refractivity contribution is 5.97. The summed E-state index contributed by atoms with van der Waals surface area (Å²) >= 11 is 0. The van der Waals surface area contributed by atoms with Crippen LogP contribution in [0, 0.1) is 0 Å². The van der Waals surface area contributed by atoms with E-state index in [1.807, 2.05) is 42.2 Å². The maximum absolute atomic E-state index is 11.6. The van der Waals surface area contributed by atoms with Crippen molar-refractivity contribution in [2.45, 2.75) is 26.6 Å². The number of carbonyl (C=O) groups excluding carboxylic acids is 1. The molecule has 0 aliphatic heterocycles. The van der Waals surface area contributed by atoms with Crippen LogP contribution in [0.2, 0.25) is 0 Å². The Morgan fingerprint density at radius 3 is 2.03 bits per heavy atom. The number of hydrogen-bond acceptors (Lipinski definition) is 4. The lowest BCUT2D eigenvalue weighted by molar-refractivity contribution is -0.192. The first-order chi connectivity index (χ1) is 14.0. The van der Waals surface area contributed by atoms with E-state index in [0.717, 1.165) is 5.56 Å². The molecule has 7 nitrogen and oxygen atoms in total. The summed E-state index contributed by atoms with van der Waals surface area (Å²) in [6.07, 6.45) is -5.08. The van der Waals surface area contributed by atoms with Crippen molar-refractivity contribution in [3.8, 4) is 0 Å². The molecule has 0 radical (unpaired) electrons.